The van der Waals surface area contributed by atoms with Crippen LogP contribution in [0.1, 0.15) is 43.6 Å². The minimum Gasteiger partial charge on any atom is -0.478 e. The van der Waals surface area contributed by atoms with Crippen LogP contribution in [0.2, 0.25) is 10.0 Å². The quantitative estimate of drug-likeness (QED) is 0.350. The molecule has 2 aromatic rings. The Morgan fingerprint density at radius 2 is 1.47 bits per heavy atom. The van der Waals surface area contributed by atoms with Crippen molar-refractivity contribution >= 4 is 51.8 Å². The number of carboxylic acid groups (broad SMARTS) is 2. The third kappa shape index (κ3) is 6.87. The van der Waals surface area contributed by atoms with Crippen LogP contribution in [0, 0.1) is 0 Å². The molecule has 10 nitrogen and oxygen atoms in total. The van der Waals surface area contributed by atoms with E-state index in [0.29, 0.717) is 36.1 Å². The molecule has 13 heteroatoms. The maximum atomic E-state index is 13.8. The summed E-state index contributed by atoms with van der Waals surface area (Å²) in [6.07, 6.45) is 4.45. The molecule has 0 spiro atoms. The molecule has 0 aliphatic carbocycles. The number of benzene rings is 2. The van der Waals surface area contributed by atoms with Gasteiger partial charge in [0.25, 0.3) is 0 Å². The smallest absolute Gasteiger partial charge is 0.334 e. The molecule has 4 aliphatic rings. The Balaban J connectivity index is 1.28. The number of dihydropyridines is 1. The SMILES string of the molecule is CN1C2CCC1CC(N1CCN(C(=O)CC3=C(C(=O)O)C(c4cccc(Cl)c4Cl)C(C(=O)O)=C(CS(=O)c4ccccc4)N3)CC1)C2. The van der Waals surface area contributed by atoms with Crippen molar-refractivity contribution in [3.8, 4) is 0 Å². The number of halogens is 2. The molecule has 3 saturated heterocycles. The fourth-order valence-electron chi connectivity index (χ4n) is 7.69. The summed E-state index contributed by atoms with van der Waals surface area (Å²) in [5.74, 6) is -4.69. The van der Waals surface area contributed by atoms with Crippen LogP contribution in [0.15, 0.2) is 76.0 Å². The van der Waals surface area contributed by atoms with Crippen LogP contribution < -0.4 is 5.32 Å². The second kappa shape index (κ2) is 14.1. The molecule has 0 saturated carbocycles. The van der Waals surface area contributed by atoms with E-state index in [2.05, 4.69) is 22.2 Å². The number of carbonyl (C=O) groups excluding carboxylic acids is 1. The van der Waals surface area contributed by atoms with E-state index in [1.54, 1.807) is 41.3 Å². The number of piperidine rings is 1. The minimum atomic E-state index is -1.68. The molecule has 250 valence electrons. The number of rotatable bonds is 9. The normalized spacial score (nSPS) is 25.9. The Bertz CT molecular complexity index is 1640. The molecule has 4 heterocycles. The van der Waals surface area contributed by atoms with Gasteiger partial charge in [-0.05, 0) is 56.5 Å². The molecular weight excluding hydrogens is 663 g/mol. The molecule has 2 aromatic carbocycles. The fourth-order valence-corrected chi connectivity index (χ4v) is 9.22. The number of carboxylic acids is 2. The Hall–Kier alpha value is -3.22. The molecule has 1 amide bonds. The zero-order valence-corrected chi connectivity index (χ0v) is 28.4. The maximum absolute atomic E-state index is 13.8. The van der Waals surface area contributed by atoms with Crippen molar-refractivity contribution in [2.75, 3.05) is 39.0 Å². The summed E-state index contributed by atoms with van der Waals surface area (Å²) in [5, 5.41) is 24.1. The van der Waals surface area contributed by atoms with Gasteiger partial charge in [0.2, 0.25) is 5.91 Å². The van der Waals surface area contributed by atoms with Gasteiger partial charge in [-0.3, -0.25) is 13.9 Å². The number of aliphatic carboxylic acids is 2. The third-order valence-electron chi connectivity index (χ3n) is 10.1. The molecule has 4 unspecified atom stereocenters. The molecule has 4 aliphatic heterocycles. The number of fused-ring (bicyclic) bond motifs is 2. The summed E-state index contributed by atoms with van der Waals surface area (Å²) in [6.45, 7) is 2.51. The predicted molar refractivity (Wildman–Crippen MR) is 180 cm³/mol. The van der Waals surface area contributed by atoms with Crippen molar-refractivity contribution in [1.29, 1.82) is 0 Å². The van der Waals surface area contributed by atoms with Crippen molar-refractivity contribution < 1.29 is 28.8 Å². The molecular formula is C34H38Cl2N4O6S. The van der Waals surface area contributed by atoms with E-state index in [1.807, 2.05) is 0 Å². The number of nitrogens with one attached hydrogen (secondary N) is 1. The molecule has 3 N–H and O–H groups in total. The number of piperazine rings is 1. The molecule has 4 atom stereocenters. The summed E-state index contributed by atoms with van der Waals surface area (Å²) in [5.41, 5.74) is -0.357. The second-order valence-electron chi connectivity index (χ2n) is 12.7. The number of hydrogen-bond donors (Lipinski definition) is 3. The van der Waals surface area contributed by atoms with Gasteiger partial charge in [0.05, 0.1) is 50.1 Å². The first-order valence-electron chi connectivity index (χ1n) is 15.8. The van der Waals surface area contributed by atoms with Gasteiger partial charge >= 0.3 is 11.9 Å². The first-order chi connectivity index (χ1) is 22.5. The highest BCUT2D eigenvalue weighted by Crippen LogP contribution is 2.44. The van der Waals surface area contributed by atoms with Gasteiger partial charge < -0.3 is 25.3 Å². The van der Waals surface area contributed by atoms with Gasteiger partial charge in [-0.1, -0.05) is 53.5 Å². The monoisotopic (exact) mass is 700 g/mol. The van der Waals surface area contributed by atoms with Crippen LogP contribution in [-0.4, -0.2) is 104 Å². The van der Waals surface area contributed by atoms with Gasteiger partial charge in [-0.2, -0.15) is 0 Å². The highest BCUT2D eigenvalue weighted by atomic mass is 35.5. The zero-order valence-electron chi connectivity index (χ0n) is 26.0. The number of hydrogen-bond acceptors (Lipinski definition) is 7. The highest BCUT2D eigenvalue weighted by Gasteiger charge is 2.43. The zero-order chi connectivity index (χ0) is 33.4. The minimum absolute atomic E-state index is 0.00578. The van der Waals surface area contributed by atoms with Gasteiger partial charge in [0.15, 0.2) is 0 Å². The molecule has 6 rings (SSSR count). The van der Waals surface area contributed by atoms with E-state index in [-0.39, 0.29) is 56.2 Å². The molecule has 3 fully saturated rings. The van der Waals surface area contributed by atoms with Crippen LogP contribution in [0.3, 0.4) is 0 Å². The van der Waals surface area contributed by atoms with E-state index in [4.69, 9.17) is 23.2 Å². The van der Waals surface area contributed by atoms with E-state index < -0.39 is 28.7 Å². The topological polar surface area (TPSA) is 130 Å². The summed E-state index contributed by atoms with van der Waals surface area (Å²) in [6, 6.07) is 14.9. The van der Waals surface area contributed by atoms with Crippen molar-refractivity contribution in [3.05, 3.63) is 86.7 Å². The molecule has 47 heavy (non-hydrogen) atoms. The lowest BCUT2D eigenvalue weighted by molar-refractivity contribution is -0.133. The van der Waals surface area contributed by atoms with Gasteiger partial charge in [-0.25, -0.2) is 9.59 Å². The highest BCUT2D eigenvalue weighted by molar-refractivity contribution is 7.85. The van der Waals surface area contributed by atoms with Crippen LogP contribution in [0.5, 0.6) is 0 Å². The Morgan fingerprint density at radius 3 is 2.09 bits per heavy atom. The van der Waals surface area contributed by atoms with Crippen LogP contribution in [-0.2, 0) is 25.2 Å². The summed E-state index contributed by atoms with van der Waals surface area (Å²) < 4.78 is 13.4. The number of carbonyl (C=O) groups is 3. The van der Waals surface area contributed by atoms with E-state index in [9.17, 15) is 28.8 Å². The Morgan fingerprint density at radius 1 is 0.851 bits per heavy atom. The van der Waals surface area contributed by atoms with Crippen LogP contribution in [0.4, 0.5) is 0 Å². The van der Waals surface area contributed by atoms with Gasteiger partial charge in [0, 0.05) is 60.6 Å². The first-order valence-corrected chi connectivity index (χ1v) is 17.9. The van der Waals surface area contributed by atoms with Gasteiger partial charge in [0.1, 0.15) is 0 Å². The van der Waals surface area contributed by atoms with Crippen LogP contribution >= 0.6 is 23.2 Å². The lowest BCUT2D eigenvalue weighted by Crippen LogP contribution is -2.56. The van der Waals surface area contributed by atoms with Crippen molar-refractivity contribution in [2.45, 2.75) is 61.0 Å². The lowest BCUT2D eigenvalue weighted by atomic mass is 9.79. The lowest BCUT2D eigenvalue weighted by Gasteiger charge is -2.45. The van der Waals surface area contributed by atoms with Crippen LogP contribution in [0.25, 0.3) is 0 Å². The standard InChI is InChI=1S/C34H38Cl2N4O6S/c1-38-20-10-11-21(38)17-22(16-20)39-12-14-40(15-13-39)28(41)18-26-30(33(42)43)29(24-8-5-9-25(35)32(24)36)31(34(44)45)27(37-26)19-47(46)23-6-3-2-4-7-23/h2-9,20-22,29,37H,10-19H2,1H3,(H,42,43)(H,44,45). The Kier molecular flexibility index (Phi) is 10.1. The average molecular weight is 702 g/mol. The first kappa shape index (κ1) is 33.7. The second-order valence-corrected chi connectivity index (χ2v) is 14.9. The van der Waals surface area contributed by atoms with Gasteiger partial charge in [-0.15, -0.1) is 0 Å². The average Bonchev–Trinajstić information content (AvgIpc) is 3.24. The maximum Gasteiger partial charge on any atom is 0.334 e. The Labute approximate surface area is 286 Å². The molecule has 0 radical (unpaired) electrons. The van der Waals surface area contributed by atoms with Crippen molar-refractivity contribution in [3.63, 3.8) is 0 Å². The number of amides is 1. The molecule has 2 bridgehead atoms. The van der Waals surface area contributed by atoms with E-state index in [1.165, 1.54) is 25.0 Å². The van der Waals surface area contributed by atoms with E-state index in [0.717, 1.165) is 25.9 Å². The summed E-state index contributed by atoms with van der Waals surface area (Å²) in [7, 11) is 0.541. The van der Waals surface area contributed by atoms with Crippen molar-refractivity contribution in [2.24, 2.45) is 0 Å². The summed E-state index contributed by atoms with van der Waals surface area (Å²) in [4.78, 5) is 46.8. The van der Waals surface area contributed by atoms with E-state index >= 15 is 0 Å². The molecule has 0 aromatic heterocycles. The third-order valence-corrected chi connectivity index (χ3v) is 12.3. The largest absolute Gasteiger partial charge is 0.478 e. The van der Waals surface area contributed by atoms with Crippen molar-refractivity contribution in [1.82, 2.24) is 20.0 Å². The fraction of sp³-hybridized carbons (Fsp3) is 0.441. The predicted octanol–water partition coefficient (Wildman–Crippen LogP) is 4.32. The summed E-state index contributed by atoms with van der Waals surface area (Å²) >= 11 is 12.9. The number of nitrogens with zero attached hydrogens (tertiary/aromatic N) is 3.